The van der Waals surface area contributed by atoms with E-state index < -0.39 is 0 Å². The lowest BCUT2D eigenvalue weighted by Gasteiger charge is -2.31. The summed E-state index contributed by atoms with van der Waals surface area (Å²) in [5, 5.41) is 2.81. The zero-order chi connectivity index (χ0) is 11.8. The van der Waals surface area contributed by atoms with Crippen molar-refractivity contribution in [2.24, 2.45) is 0 Å². The molecule has 1 N–H and O–H groups in total. The molecule has 0 bridgehead atoms. The van der Waals surface area contributed by atoms with Crippen LogP contribution in [0.25, 0.3) is 0 Å². The highest BCUT2D eigenvalue weighted by Crippen LogP contribution is 2.35. The molecule has 3 rings (SSSR count). The number of carbonyl (C=O) groups is 2. The standard InChI is InChI=1S/C13H20N2O2/c16-12-8-7-11(14-12)13(17)15(10-5-6-10)9-3-1-2-4-9/h9-11H,1-8H2,(H,14,16)/t11-/m0/s1. The highest BCUT2D eigenvalue weighted by molar-refractivity contribution is 5.91. The highest BCUT2D eigenvalue weighted by Gasteiger charge is 2.42. The lowest BCUT2D eigenvalue weighted by molar-refractivity contribution is -0.137. The third kappa shape index (κ3) is 2.17. The number of amides is 2. The minimum absolute atomic E-state index is 0.0329. The SMILES string of the molecule is O=C1CC[C@@H](C(=O)N(C2CCCC2)C2CC2)N1. The van der Waals surface area contributed by atoms with E-state index in [0.717, 1.165) is 25.7 Å². The second kappa shape index (κ2) is 4.31. The average Bonchev–Trinajstić information content (AvgIpc) is 2.82. The normalized spacial score (nSPS) is 29.4. The molecule has 0 radical (unpaired) electrons. The van der Waals surface area contributed by atoms with Crippen LogP contribution < -0.4 is 5.32 Å². The van der Waals surface area contributed by atoms with E-state index in [0.29, 0.717) is 24.9 Å². The third-order valence-electron chi connectivity index (χ3n) is 4.21. The van der Waals surface area contributed by atoms with E-state index in [-0.39, 0.29) is 17.9 Å². The maximum Gasteiger partial charge on any atom is 0.245 e. The first-order valence-electron chi connectivity index (χ1n) is 6.87. The molecule has 0 aromatic carbocycles. The molecule has 3 fully saturated rings. The van der Waals surface area contributed by atoms with Crippen LogP contribution in [0.15, 0.2) is 0 Å². The number of carbonyl (C=O) groups excluding carboxylic acids is 2. The van der Waals surface area contributed by atoms with Gasteiger partial charge in [0.2, 0.25) is 11.8 Å². The molecule has 2 saturated carbocycles. The van der Waals surface area contributed by atoms with Crippen LogP contribution in [0, 0.1) is 0 Å². The molecule has 1 saturated heterocycles. The van der Waals surface area contributed by atoms with Gasteiger partial charge in [0.05, 0.1) is 0 Å². The lowest BCUT2D eigenvalue weighted by Crippen LogP contribution is -2.49. The van der Waals surface area contributed by atoms with Gasteiger partial charge in [0.1, 0.15) is 6.04 Å². The topological polar surface area (TPSA) is 49.4 Å². The van der Waals surface area contributed by atoms with Gasteiger partial charge >= 0.3 is 0 Å². The van der Waals surface area contributed by atoms with Crippen LogP contribution in [0.5, 0.6) is 0 Å². The summed E-state index contributed by atoms with van der Waals surface area (Å²) in [6.07, 6.45) is 8.32. The summed E-state index contributed by atoms with van der Waals surface area (Å²) in [4.78, 5) is 25.8. The van der Waals surface area contributed by atoms with Gasteiger partial charge in [0.15, 0.2) is 0 Å². The van der Waals surface area contributed by atoms with E-state index in [4.69, 9.17) is 0 Å². The molecule has 2 amide bonds. The Morgan fingerprint density at radius 3 is 2.24 bits per heavy atom. The van der Waals surface area contributed by atoms with Crippen LogP contribution in [-0.2, 0) is 9.59 Å². The summed E-state index contributed by atoms with van der Waals surface area (Å²) in [7, 11) is 0. The van der Waals surface area contributed by atoms with Crippen molar-refractivity contribution < 1.29 is 9.59 Å². The molecule has 4 nitrogen and oxygen atoms in total. The van der Waals surface area contributed by atoms with Crippen LogP contribution in [0.3, 0.4) is 0 Å². The quantitative estimate of drug-likeness (QED) is 0.800. The molecule has 0 aromatic heterocycles. The number of hydrogen-bond donors (Lipinski definition) is 1. The van der Waals surface area contributed by atoms with Crippen molar-refractivity contribution in [1.82, 2.24) is 10.2 Å². The summed E-state index contributed by atoms with van der Waals surface area (Å²) in [5.41, 5.74) is 0. The highest BCUT2D eigenvalue weighted by atomic mass is 16.2. The smallest absolute Gasteiger partial charge is 0.245 e. The zero-order valence-electron chi connectivity index (χ0n) is 10.2. The average molecular weight is 236 g/mol. The molecular weight excluding hydrogens is 216 g/mol. The van der Waals surface area contributed by atoms with Crippen molar-refractivity contribution in [2.45, 2.75) is 69.5 Å². The largest absolute Gasteiger partial charge is 0.344 e. The predicted octanol–water partition coefficient (Wildman–Crippen LogP) is 1.20. The van der Waals surface area contributed by atoms with Gasteiger partial charge < -0.3 is 10.2 Å². The first kappa shape index (κ1) is 11.1. The van der Waals surface area contributed by atoms with E-state index in [9.17, 15) is 9.59 Å². The van der Waals surface area contributed by atoms with Crippen molar-refractivity contribution in [3.05, 3.63) is 0 Å². The minimum atomic E-state index is -0.233. The molecule has 1 heterocycles. The second-order valence-electron chi connectivity index (χ2n) is 5.57. The number of rotatable bonds is 3. The van der Waals surface area contributed by atoms with Crippen LogP contribution in [-0.4, -0.2) is 34.8 Å². The molecule has 1 aliphatic heterocycles. The maximum atomic E-state index is 12.5. The van der Waals surface area contributed by atoms with Crippen LogP contribution in [0.1, 0.15) is 51.4 Å². The van der Waals surface area contributed by atoms with E-state index in [1.165, 1.54) is 12.8 Å². The van der Waals surface area contributed by atoms with Gasteiger partial charge in [-0.05, 0) is 32.1 Å². The molecule has 2 aliphatic carbocycles. The van der Waals surface area contributed by atoms with Crippen molar-refractivity contribution >= 4 is 11.8 Å². The minimum Gasteiger partial charge on any atom is -0.344 e. The number of nitrogens with zero attached hydrogens (tertiary/aromatic N) is 1. The fourth-order valence-corrected chi connectivity index (χ4v) is 3.17. The molecule has 0 unspecified atom stereocenters. The number of hydrogen-bond acceptors (Lipinski definition) is 2. The molecule has 4 heteroatoms. The first-order valence-corrected chi connectivity index (χ1v) is 6.87. The molecule has 17 heavy (non-hydrogen) atoms. The number of nitrogens with one attached hydrogen (secondary N) is 1. The Bertz CT molecular complexity index is 332. The van der Waals surface area contributed by atoms with Crippen molar-refractivity contribution in [3.8, 4) is 0 Å². The third-order valence-corrected chi connectivity index (χ3v) is 4.21. The van der Waals surface area contributed by atoms with Gasteiger partial charge in [-0.3, -0.25) is 9.59 Å². The molecule has 0 spiro atoms. The molecule has 0 aromatic rings. The molecule has 94 valence electrons. The van der Waals surface area contributed by atoms with E-state index in [1.807, 2.05) is 0 Å². The lowest BCUT2D eigenvalue weighted by atomic mass is 10.1. The molecule has 3 aliphatic rings. The second-order valence-corrected chi connectivity index (χ2v) is 5.57. The monoisotopic (exact) mass is 236 g/mol. The Morgan fingerprint density at radius 2 is 1.71 bits per heavy atom. The summed E-state index contributed by atoms with van der Waals surface area (Å²) >= 11 is 0. The van der Waals surface area contributed by atoms with E-state index >= 15 is 0 Å². The van der Waals surface area contributed by atoms with Crippen molar-refractivity contribution in [3.63, 3.8) is 0 Å². The maximum absolute atomic E-state index is 12.5. The van der Waals surface area contributed by atoms with Crippen LogP contribution >= 0.6 is 0 Å². The zero-order valence-corrected chi connectivity index (χ0v) is 10.2. The van der Waals surface area contributed by atoms with Gasteiger partial charge in [-0.25, -0.2) is 0 Å². The summed E-state index contributed by atoms with van der Waals surface area (Å²) in [5.74, 6) is 0.218. The van der Waals surface area contributed by atoms with Gasteiger partial charge in [-0.1, -0.05) is 12.8 Å². The fraction of sp³-hybridized carbons (Fsp3) is 0.846. The Balaban J connectivity index is 1.69. The van der Waals surface area contributed by atoms with Gasteiger partial charge in [-0.2, -0.15) is 0 Å². The van der Waals surface area contributed by atoms with Crippen LogP contribution in [0.4, 0.5) is 0 Å². The Kier molecular flexibility index (Phi) is 2.81. The van der Waals surface area contributed by atoms with Gasteiger partial charge in [0, 0.05) is 18.5 Å². The Hall–Kier alpha value is -1.06. The van der Waals surface area contributed by atoms with Gasteiger partial charge in [-0.15, -0.1) is 0 Å². The predicted molar refractivity (Wildman–Crippen MR) is 63.3 cm³/mol. The molecule has 1 atom stereocenters. The first-order chi connectivity index (χ1) is 8.25. The van der Waals surface area contributed by atoms with Crippen molar-refractivity contribution in [2.75, 3.05) is 0 Å². The Labute approximate surface area is 102 Å². The van der Waals surface area contributed by atoms with Crippen LogP contribution in [0.2, 0.25) is 0 Å². The summed E-state index contributed by atoms with van der Waals surface area (Å²) in [6.45, 7) is 0. The molecular formula is C13H20N2O2. The van der Waals surface area contributed by atoms with E-state index in [2.05, 4.69) is 10.2 Å². The van der Waals surface area contributed by atoms with Gasteiger partial charge in [0.25, 0.3) is 0 Å². The summed E-state index contributed by atoms with van der Waals surface area (Å²) < 4.78 is 0. The summed E-state index contributed by atoms with van der Waals surface area (Å²) in [6, 6.07) is 0.694. The van der Waals surface area contributed by atoms with Crippen molar-refractivity contribution in [1.29, 1.82) is 0 Å². The Morgan fingerprint density at radius 1 is 1.06 bits per heavy atom. The van der Waals surface area contributed by atoms with E-state index in [1.54, 1.807) is 0 Å². The fourth-order valence-electron chi connectivity index (χ4n) is 3.17.